The van der Waals surface area contributed by atoms with E-state index in [1.54, 1.807) is 0 Å². The topological polar surface area (TPSA) is 35.9 Å². The lowest BCUT2D eigenvalue weighted by molar-refractivity contribution is -0.113. The van der Waals surface area contributed by atoms with E-state index in [0.29, 0.717) is 5.92 Å². The van der Waals surface area contributed by atoms with Crippen LogP contribution in [0.5, 0.6) is 0 Å². The average Bonchev–Trinajstić information content (AvgIpc) is 3.17. The summed E-state index contributed by atoms with van der Waals surface area (Å²) in [5, 5.41) is 0.870. The molecular weight excluding hydrogens is 402 g/mol. The highest BCUT2D eigenvalue weighted by Gasteiger charge is 2.29. The van der Waals surface area contributed by atoms with Crippen LogP contribution >= 0.6 is 11.8 Å². The summed E-state index contributed by atoms with van der Waals surface area (Å²) in [5.41, 5.74) is 3.68. The molecule has 0 radical (unpaired) electrons. The van der Waals surface area contributed by atoms with Crippen LogP contribution in [0.15, 0.2) is 64.5 Å². The number of thioether (sulfide) groups is 1. The summed E-state index contributed by atoms with van der Waals surface area (Å²) >= 11 is 1.52. The van der Waals surface area contributed by atoms with E-state index in [0.717, 1.165) is 61.1 Å². The Kier molecular flexibility index (Phi) is 7.13. The Bertz CT molecular complexity index is 940. The quantitative estimate of drug-likeness (QED) is 0.567. The molecule has 5 heteroatoms. The van der Waals surface area contributed by atoms with Crippen molar-refractivity contribution in [3.05, 3.63) is 70.6 Å². The number of hydrogen-bond donors (Lipinski definition) is 0. The van der Waals surface area contributed by atoms with Gasteiger partial charge in [-0.25, -0.2) is 0 Å². The van der Waals surface area contributed by atoms with E-state index in [9.17, 15) is 4.79 Å². The summed E-state index contributed by atoms with van der Waals surface area (Å²) in [6, 6.07) is 19.2. The lowest BCUT2D eigenvalue weighted by Gasteiger charge is -2.32. The predicted octanol–water partition coefficient (Wildman–Crippen LogP) is 5.46. The van der Waals surface area contributed by atoms with E-state index in [1.807, 2.05) is 6.08 Å². The van der Waals surface area contributed by atoms with Crippen molar-refractivity contribution >= 4 is 34.6 Å². The number of benzene rings is 2. The van der Waals surface area contributed by atoms with Crippen molar-refractivity contribution < 1.29 is 4.79 Å². The number of anilines is 1. The fraction of sp³-hybridized carbons (Fsp3) is 0.385. The Morgan fingerprint density at radius 1 is 1.03 bits per heavy atom. The third kappa shape index (κ3) is 5.40. The second-order valence-electron chi connectivity index (χ2n) is 8.19. The van der Waals surface area contributed by atoms with Crippen molar-refractivity contribution in [2.75, 3.05) is 31.1 Å². The van der Waals surface area contributed by atoms with Crippen molar-refractivity contribution in [1.29, 1.82) is 0 Å². The zero-order valence-electron chi connectivity index (χ0n) is 18.5. The first-order chi connectivity index (χ1) is 15.2. The molecule has 2 aromatic carbocycles. The van der Waals surface area contributed by atoms with Gasteiger partial charge < -0.3 is 9.80 Å². The Hall–Kier alpha value is -2.53. The van der Waals surface area contributed by atoms with E-state index in [2.05, 4.69) is 83.2 Å². The Morgan fingerprint density at radius 2 is 1.71 bits per heavy atom. The van der Waals surface area contributed by atoms with Gasteiger partial charge in [-0.15, -0.1) is 0 Å². The van der Waals surface area contributed by atoms with Gasteiger partial charge in [0.1, 0.15) is 0 Å². The molecule has 0 spiro atoms. The van der Waals surface area contributed by atoms with Crippen molar-refractivity contribution in [2.45, 2.75) is 33.1 Å². The molecule has 0 unspecified atom stereocenters. The van der Waals surface area contributed by atoms with Gasteiger partial charge in [-0.05, 0) is 80.1 Å². The van der Waals surface area contributed by atoms with Crippen LogP contribution in [0.3, 0.4) is 0 Å². The maximum Gasteiger partial charge on any atom is 0.286 e. The molecule has 2 heterocycles. The molecule has 4 rings (SSSR count). The molecule has 1 amide bonds. The summed E-state index contributed by atoms with van der Waals surface area (Å²) < 4.78 is 0. The van der Waals surface area contributed by atoms with Crippen molar-refractivity contribution in [3.63, 3.8) is 0 Å². The number of hydrogen-bond acceptors (Lipinski definition) is 4. The summed E-state index contributed by atoms with van der Waals surface area (Å²) in [4.78, 5) is 22.2. The molecule has 0 aromatic heterocycles. The highest BCUT2D eigenvalue weighted by molar-refractivity contribution is 8.18. The molecule has 2 aliphatic heterocycles. The monoisotopic (exact) mass is 433 g/mol. The van der Waals surface area contributed by atoms with Crippen molar-refractivity contribution in [2.24, 2.45) is 10.9 Å². The van der Waals surface area contributed by atoms with E-state index in [-0.39, 0.29) is 5.91 Å². The first-order valence-corrected chi connectivity index (χ1v) is 12.1. The van der Waals surface area contributed by atoms with Gasteiger partial charge >= 0.3 is 0 Å². The number of rotatable bonds is 6. The Morgan fingerprint density at radius 3 is 2.35 bits per heavy atom. The highest BCUT2D eigenvalue weighted by Crippen LogP contribution is 2.33. The van der Waals surface area contributed by atoms with Crippen LogP contribution in [0.2, 0.25) is 0 Å². The second-order valence-corrected chi connectivity index (χ2v) is 9.20. The molecule has 4 nitrogen and oxygen atoms in total. The maximum atomic E-state index is 12.5. The van der Waals surface area contributed by atoms with Crippen LogP contribution < -0.4 is 4.90 Å². The lowest BCUT2D eigenvalue weighted by Crippen LogP contribution is -2.37. The lowest BCUT2D eigenvalue weighted by atomic mass is 9.90. The number of likely N-dealkylation sites (tertiary alicyclic amines) is 1. The summed E-state index contributed by atoms with van der Waals surface area (Å²) in [5.74, 6) is 0.597. The molecule has 0 aliphatic carbocycles. The molecule has 0 bridgehead atoms. The Balaban J connectivity index is 1.33. The first-order valence-electron chi connectivity index (χ1n) is 11.3. The van der Waals surface area contributed by atoms with Crippen LogP contribution in [-0.2, 0) is 11.2 Å². The van der Waals surface area contributed by atoms with Crippen LogP contribution in [0.25, 0.3) is 6.08 Å². The molecule has 0 atom stereocenters. The molecule has 1 fully saturated rings. The van der Waals surface area contributed by atoms with Gasteiger partial charge in [0.2, 0.25) is 0 Å². The van der Waals surface area contributed by atoms with Crippen LogP contribution in [-0.4, -0.2) is 42.2 Å². The molecule has 1 saturated heterocycles. The zero-order valence-corrected chi connectivity index (χ0v) is 19.3. The second kappa shape index (κ2) is 10.2. The van der Waals surface area contributed by atoms with Gasteiger partial charge in [-0.3, -0.25) is 4.79 Å². The largest absolute Gasteiger partial charge is 0.372 e. The number of aliphatic imine (C=N–C) groups is 1. The van der Waals surface area contributed by atoms with Gasteiger partial charge in [0.15, 0.2) is 5.17 Å². The smallest absolute Gasteiger partial charge is 0.286 e. The van der Waals surface area contributed by atoms with E-state index in [1.165, 1.54) is 23.0 Å². The number of amides is 1. The van der Waals surface area contributed by atoms with Crippen LogP contribution in [0.1, 0.15) is 37.8 Å². The molecule has 31 heavy (non-hydrogen) atoms. The van der Waals surface area contributed by atoms with Gasteiger partial charge in [-0.1, -0.05) is 42.5 Å². The average molecular weight is 434 g/mol. The van der Waals surface area contributed by atoms with E-state index in [4.69, 9.17) is 0 Å². The van der Waals surface area contributed by atoms with Gasteiger partial charge in [0.05, 0.1) is 4.91 Å². The SMILES string of the molecule is CCN(CC)c1ccc(/C=C2\SC(N3CCC(Cc4ccccc4)CC3)=NC2=O)cc1. The fourth-order valence-electron chi connectivity index (χ4n) is 4.33. The fourth-order valence-corrected chi connectivity index (χ4v) is 5.30. The number of piperidine rings is 1. The predicted molar refractivity (Wildman–Crippen MR) is 132 cm³/mol. The van der Waals surface area contributed by atoms with Gasteiger partial charge in [0, 0.05) is 31.9 Å². The minimum atomic E-state index is -0.112. The number of amidine groups is 1. The molecule has 0 N–H and O–H groups in total. The maximum absolute atomic E-state index is 12.5. The summed E-state index contributed by atoms with van der Waals surface area (Å²) in [6.45, 7) is 8.26. The highest BCUT2D eigenvalue weighted by atomic mass is 32.2. The van der Waals surface area contributed by atoms with Crippen LogP contribution in [0, 0.1) is 5.92 Å². The molecule has 2 aromatic rings. The first kappa shape index (κ1) is 21.7. The van der Waals surface area contributed by atoms with E-state index >= 15 is 0 Å². The van der Waals surface area contributed by atoms with Crippen LogP contribution in [0.4, 0.5) is 5.69 Å². The minimum Gasteiger partial charge on any atom is -0.372 e. The molecule has 2 aliphatic rings. The van der Waals surface area contributed by atoms with E-state index < -0.39 is 0 Å². The van der Waals surface area contributed by atoms with Gasteiger partial charge in [-0.2, -0.15) is 4.99 Å². The third-order valence-corrected chi connectivity index (χ3v) is 7.23. The summed E-state index contributed by atoms with van der Waals surface area (Å²) in [7, 11) is 0. The molecule has 162 valence electrons. The summed E-state index contributed by atoms with van der Waals surface area (Å²) in [6.07, 6.45) is 5.41. The molecular formula is C26H31N3OS. The zero-order chi connectivity index (χ0) is 21.6. The van der Waals surface area contributed by atoms with Crippen molar-refractivity contribution in [3.8, 4) is 0 Å². The Labute approximate surface area is 190 Å². The normalized spacial score (nSPS) is 18.5. The minimum absolute atomic E-state index is 0.112. The standard InChI is InChI=1S/C26H31N3OS/c1-3-28(4-2)23-12-10-21(11-13-23)19-24-25(30)27-26(31-24)29-16-14-22(15-17-29)18-20-8-6-5-7-9-20/h5-13,19,22H,3-4,14-18H2,1-2H3/b24-19-. The molecule has 0 saturated carbocycles. The van der Waals surface area contributed by atoms with Gasteiger partial charge in [0.25, 0.3) is 5.91 Å². The number of carbonyl (C=O) groups excluding carboxylic acids is 1. The number of carbonyl (C=O) groups is 1. The van der Waals surface area contributed by atoms with Crippen molar-refractivity contribution in [1.82, 2.24) is 4.90 Å². The third-order valence-electron chi connectivity index (χ3n) is 6.18. The number of nitrogens with zero attached hydrogens (tertiary/aromatic N) is 3.